The van der Waals surface area contributed by atoms with Crippen LogP contribution >= 0.6 is 0 Å². The molecule has 10 heteroatoms. The van der Waals surface area contributed by atoms with E-state index >= 15 is 0 Å². The largest absolute Gasteiger partial charge is 0.573 e. The second kappa shape index (κ2) is 8.21. The van der Waals surface area contributed by atoms with Crippen molar-refractivity contribution >= 4 is 6.03 Å². The van der Waals surface area contributed by atoms with Crippen molar-refractivity contribution in [2.75, 3.05) is 6.54 Å². The Bertz CT molecular complexity index is 969. The summed E-state index contributed by atoms with van der Waals surface area (Å²) in [5, 5.41) is 6.93. The van der Waals surface area contributed by atoms with Crippen molar-refractivity contribution in [1.82, 2.24) is 20.1 Å². The number of amides is 2. The third kappa shape index (κ3) is 5.47. The van der Waals surface area contributed by atoms with Gasteiger partial charge in [0.1, 0.15) is 12.1 Å². The van der Waals surface area contributed by atoms with Gasteiger partial charge in [-0.25, -0.2) is 14.5 Å². The van der Waals surface area contributed by atoms with Gasteiger partial charge in [-0.05, 0) is 35.7 Å². The number of nitrogens with one attached hydrogen (secondary N) is 1. The quantitative estimate of drug-likeness (QED) is 0.655. The summed E-state index contributed by atoms with van der Waals surface area (Å²) in [5.74, 6) is 0.242. The molecule has 2 aromatic carbocycles. The first-order chi connectivity index (χ1) is 13.7. The number of alkyl halides is 3. The Morgan fingerprint density at radius 3 is 2.41 bits per heavy atom. The fraction of sp³-hybridized carbons (Fsp3) is 0.211. The number of carbonyl (C=O) groups excluding carboxylic acids is 1. The number of halogens is 3. The highest BCUT2D eigenvalue weighted by Gasteiger charge is 2.31. The van der Waals surface area contributed by atoms with Crippen LogP contribution in [0.2, 0.25) is 0 Å². The fourth-order valence-electron chi connectivity index (χ4n) is 2.65. The van der Waals surface area contributed by atoms with E-state index in [1.54, 1.807) is 0 Å². The van der Waals surface area contributed by atoms with Crippen LogP contribution < -0.4 is 15.8 Å². The van der Waals surface area contributed by atoms with Crippen LogP contribution in [0.3, 0.4) is 0 Å². The average Bonchev–Trinajstić information content (AvgIpc) is 3.16. The second-order valence-electron chi connectivity index (χ2n) is 6.32. The van der Waals surface area contributed by atoms with Gasteiger partial charge < -0.3 is 15.8 Å². The van der Waals surface area contributed by atoms with E-state index in [2.05, 4.69) is 20.1 Å². The van der Waals surface area contributed by atoms with Gasteiger partial charge in [0.05, 0.1) is 5.69 Å². The molecule has 3 rings (SSSR count). The number of aromatic nitrogens is 3. The standard InChI is InChI=1S/C19H18F3N5O2/c1-12(10-24-18(23)28)13-2-4-14(5-3-13)17-25-11-27(26-17)15-6-8-16(9-7-15)29-19(20,21)22/h2-9,11-12H,10H2,1H3,(H3,23,24,28). The Balaban J connectivity index is 1.70. The molecule has 0 aliphatic heterocycles. The van der Waals surface area contributed by atoms with E-state index < -0.39 is 12.4 Å². The number of hydrogen-bond acceptors (Lipinski definition) is 4. The minimum Gasteiger partial charge on any atom is -0.406 e. The van der Waals surface area contributed by atoms with Crippen LogP contribution in [0, 0.1) is 0 Å². The molecule has 0 aliphatic rings. The van der Waals surface area contributed by atoms with Crippen molar-refractivity contribution in [2.45, 2.75) is 19.2 Å². The highest BCUT2D eigenvalue weighted by Crippen LogP contribution is 2.24. The molecular weight excluding hydrogens is 387 g/mol. The average molecular weight is 405 g/mol. The lowest BCUT2D eigenvalue weighted by atomic mass is 10.00. The number of urea groups is 1. The van der Waals surface area contributed by atoms with E-state index in [9.17, 15) is 18.0 Å². The maximum Gasteiger partial charge on any atom is 0.573 e. The number of nitrogens with two attached hydrogens (primary N) is 1. The normalized spacial score (nSPS) is 12.4. The molecule has 2 amide bonds. The topological polar surface area (TPSA) is 95.1 Å². The summed E-state index contributed by atoms with van der Waals surface area (Å²) >= 11 is 0. The SMILES string of the molecule is CC(CNC(N)=O)c1ccc(-c2ncn(-c3ccc(OC(F)(F)F)cc3)n2)cc1. The monoisotopic (exact) mass is 405 g/mol. The van der Waals surface area contributed by atoms with Gasteiger partial charge in [-0.3, -0.25) is 0 Å². The number of ether oxygens (including phenoxy) is 1. The third-order valence-corrected chi connectivity index (χ3v) is 4.15. The van der Waals surface area contributed by atoms with Gasteiger partial charge in [0.2, 0.25) is 0 Å². The van der Waals surface area contributed by atoms with Crippen LogP contribution in [0.1, 0.15) is 18.4 Å². The number of carbonyl (C=O) groups is 1. The maximum absolute atomic E-state index is 12.2. The van der Waals surface area contributed by atoms with Gasteiger partial charge in [-0.1, -0.05) is 31.2 Å². The second-order valence-corrected chi connectivity index (χ2v) is 6.32. The summed E-state index contributed by atoms with van der Waals surface area (Å²) in [4.78, 5) is 15.1. The summed E-state index contributed by atoms with van der Waals surface area (Å²) in [6, 6.07) is 12.3. The zero-order valence-electron chi connectivity index (χ0n) is 15.3. The van der Waals surface area contributed by atoms with E-state index in [4.69, 9.17) is 5.73 Å². The van der Waals surface area contributed by atoms with Crippen LogP contribution in [-0.4, -0.2) is 33.7 Å². The van der Waals surface area contributed by atoms with Crippen molar-refractivity contribution < 1.29 is 22.7 Å². The van der Waals surface area contributed by atoms with E-state index in [1.807, 2.05) is 31.2 Å². The maximum atomic E-state index is 12.2. The predicted molar refractivity (Wildman–Crippen MR) is 99.5 cm³/mol. The number of primary amides is 1. The first-order valence-corrected chi connectivity index (χ1v) is 8.63. The molecule has 0 aliphatic carbocycles. The zero-order chi connectivity index (χ0) is 21.0. The lowest BCUT2D eigenvalue weighted by molar-refractivity contribution is -0.274. The third-order valence-electron chi connectivity index (χ3n) is 4.15. The predicted octanol–water partition coefficient (Wildman–Crippen LogP) is 3.60. The Hall–Kier alpha value is -3.56. The molecule has 0 radical (unpaired) electrons. The number of rotatable bonds is 6. The highest BCUT2D eigenvalue weighted by atomic mass is 19.4. The highest BCUT2D eigenvalue weighted by molar-refractivity contribution is 5.71. The fourth-order valence-corrected chi connectivity index (χ4v) is 2.65. The molecule has 1 unspecified atom stereocenters. The van der Waals surface area contributed by atoms with Gasteiger partial charge in [0.15, 0.2) is 5.82 Å². The molecule has 0 fully saturated rings. The molecule has 1 aromatic heterocycles. The lowest BCUT2D eigenvalue weighted by Crippen LogP contribution is -2.32. The molecule has 7 nitrogen and oxygen atoms in total. The molecular formula is C19H18F3N5O2. The molecule has 152 valence electrons. The van der Waals surface area contributed by atoms with Crippen LogP contribution in [0.4, 0.5) is 18.0 Å². The van der Waals surface area contributed by atoms with Crippen molar-refractivity contribution in [2.24, 2.45) is 5.73 Å². The summed E-state index contributed by atoms with van der Waals surface area (Å²) in [6.45, 7) is 2.39. The zero-order valence-corrected chi connectivity index (χ0v) is 15.3. The Morgan fingerprint density at radius 2 is 1.83 bits per heavy atom. The van der Waals surface area contributed by atoms with E-state index in [1.165, 1.54) is 35.3 Å². The van der Waals surface area contributed by atoms with Gasteiger partial charge in [-0.15, -0.1) is 18.3 Å². The molecule has 0 saturated heterocycles. The van der Waals surface area contributed by atoms with Gasteiger partial charge >= 0.3 is 12.4 Å². The Labute approximate surface area is 164 Å². The molecule has 1 heterocycles. The first kappa shape index (κ1) is 20.2. The van der Waals surface area contributed by atoms with Gasteiger partial charge in [-0.2, -0.15) is 0 Å². The Morgan fingerprint density at radius 1 is 1.17 bits per heavy atom. The summed E-state index contributed by atoms with van der Waals surface area (Å²) < 4.78 is 42.0. The van der Waals surface area contributed by atoms with E-state index in [0.29, 0.717) is 18.1 Å². The molecule has 0 spiro atoms. The van der Waals surface area contributed by atoms with Crippen LogP contribution in [0.5, 0.6) is 5.75 Å². The van der Waals surface area contributed by atoms with E-state index in [0.717, 1.165) is 11.1 Å². The summed E-state index contributed by atoms with van der Waals surface area (Å²) in [5.41, 5.74) is 7.41. The molecule has 0 saturated carbocycles. The molecule has 3 aromatic rings. The molecule has 29 heavy (non-hydrogen) atoms. The van der Waals surface area contributed by atoms with Crippen molar-refractivity contribution in [1.29, 1.82) is 0 Å². The molecule has 1 atom stereocenters. The summed E-state index contributed by atoms with van der Waals surface area (Å²) in [7, 11) is 0. The lowest BCUT2D eigenvalue weighted by Gasteiger charge is -2.12. The van der Waals surface area contributed by atoms with Crippen LogP contribution in [0.25, 0.3) is 17.1 Å². The van der Waals surface area contributed by atoms with Crippen LogP contribution in [-0.2, 0) is 0 Å². The number of nitrogens with zero attached hydrogens (tertiary/aromatic N) is 3. The minimum atomic E-state index is -4.73. The van der Waals surface area contributed by atoms with Gasteiger partial charge in [0, 0.05) is 12.1 Å². The molecule has 3 N–H and O–H groups in total. The first-order valence-electron chi connectivity index (χ1n) is 8.63. The van der Waals surface area contributed by atoms with Gasteiger partial charge in [0.25, 0.3) is 0 Å². The van der Waals surface area contributed by atoms with Crippen LogP contribution in [0.15, 0.2) is 54.9 Å². The van der Waals surface area contributed by atoms with Crippen molar-refractivity contribution in [3.63, 3.8) is 0 Å². The van der Waals surface area contributed by atoms with Crippen molar-refractivity contribution in [3.8, 4) is 22.8 Å². The smallest absolute Gasteiger partial charge is 0.406 e. The van der Waals surface area contributed by atoms with Crippen molar-refractivity contribution in [3.05, 3.63) is 60.4 Å². The molecule has 0 bridgehead atoms. The minimum absolute atomic E-state index is 0.0829. The number of benzene rings is 2. The number of hydrogen-bond donors (Lipinski definition) is 2. The summed E-state index contributed by atoms with van der Waals surface area (Å²) in [6.07, 6.45) is -3.26. The van der Waals surface area contributed by atoms with E-state index in [-0.39, 0.29) is 11.7 Å². The Kier molecular flexibility index (Phi) is 5.71.